The van der Waals surface area contributed by atoms with Crippen LogP contribution in [0.1, 0.15) is 49.7 Å². The Kier molecular flexibility index (Phi) is 6.38. The number of halogens is 1. The number of aromatic nitrogens is 3. The quantitative estimate of drug-likeness (QED) is 0.555. The number of rotatable bonds is 7. The lowest BCUT2D eigenvalue weighted by Crippen LogP contribution is -2.53. The van der Waals surface area contributed by atoms with Gasteiger partial charge in [0.1, 0.15) is 16.7 Å². The van der Waals surface area contributed by atoms with Crippen molar-refractivity contribution in [1.82, 2.24) is 25.4 Å². The maximum atomic E-state index is 13.3. The molecule has 0 saturated carbocycles. The Morgan fingerprint density at radius 1 is 1.21 bits per heavy atom. The highest BCUT2D eigenvalue weighted by molar-refractivity contribution is 7.14. The van der Waals surface area contributed by atoms with Crippen LogP contribution < -0.4 is 5.32 Å². The van der Waals surface area contributed by atoms with E-state index in [0.717, 1.165) is 64.1 Å². The zero-order valence-electron chi connectivity index (χ0n) is 19.1. The van der Waals surface area contributed by atoms with E-state index < -0.39 is 0 Å². The Morgan fingerprint density at radius 3 is 2.67 bits per heavy atom. The molecule has 0 aliphatic carbocycles. The van der Waals surface area contributed by atoms with E-state index in [4.69, 9.17) is 0 Å². The number of amides is 1. The lowest BCUT2D eigenvalue weighted by Gasteiger charge is -2.40. The first kappa shape index (κ1) is 22.3. The summed E-state index contributed by atoms with van der Waals surface area (Å²) < 4.78 is 13.2. The minimum absolute atomic E-state index is 0.0765. The maximum absolute atomic E-state index is 13.3. The van der Waals surface area contributed by atoms with Crippen LogP contribution in [0, 0.1) is 6.92 Å². The molecule has 2 saturated heterocycles. The van der Waals surface area contributed by atoms with Crippen LogP contribution in [0.3, 0.4) is 0 Å². The summed E-state index contributed by atoms with van der Waals surface area (Å²) in [5, 5.41) is 15.8. The van der Waals surface area contributed by atoms with Crippen molar-refractivity contribution in [2.45, 2.75) is 76.5 Å². The first-order valence-electron chi connectivity index (χ1n) is 11.9. The number of benzene rings is 1. The molecule has 6 nitrogen and oxygen atoms in total. The van der Waals surface area contributed by atoms with E-state index in [1.165, 1.54) is 0 Å². The molecule has 2 aliphatic rings. The number of piperidine rings is 1. The Morgan fingerprint density at radius 2 is 2.00 bits per heavy atom. The van der Waals surface area contributed by atoms with Gasteiger partial charge in [-0.05, 0) is 56.5 Å². The molecule has 1 amide bonds. The molecule has 5 rings (SSSR count). The highest BCUT2D eigenvalue weighted by Crippen LogP contribution is 2.36. The van der Waals surface area contributed by atoms with Crippen LogP contribution in [0.25, 0.3) is 21.3 Å². The third kappa shape index (κ3) is 4.64. The number of carbonyl (C=O) groups excluding carboxylic acids is 1. The average Bonchev–Trinajstić information content (AvgIpc) is 3.37. The van der Waals surface area contributed by atoms with Crippen molar-refractivity contribution in [2.75, 3.05) is 6.67 Å². The Bertz CT molecular complexity index is 1130. The smallest absolute Gasteiger partial charge is 0.229 e. The average molecular weight is 468 g/mol. The van der Waals surface area contributed by atoms with Crippen LogP contribution >= 0.6 is 11.3 Å². The van der Waals surface area contributed by atoms with Crippen LogP contribution in [0.5, 0.6) is 0 Å². The van der Waals surface area contributed by atoms with E-state index in [9.17, 15) is 9.18 Å². The van der Waals surface area contributed by atoms with E-state index >= 15 is 0 Å². The van der Waals surface area contributed by atoms with E-state index in [0.29, 0.717) is 12.5 Å². The van der Waals surface area contributed by atoms with E-state index in [1.807, 2.05) is 38.2 Å². The van der Waals surface area contributed by atoms with Gasteiger partial charge in [0.2, 0.25) is 5.91 Å². The molecule has 2 aliphatic heterocycles. The van der Waals surface area contributed by atoms with Gasteiger partial charge >= 0.3 is 0 Å². The molecule has 2 unspecified atom stereocenters. The van der Waals surface area contributed by atoms with Gasteiger partial charge in [0.25, 0.3) is 0 Å². The molecular formula is C25H30FN5OS. The molecule has 2 aromatic heterocycles. The standard InChI is InChI=1S/C25H30FN5OS/c1-3-19(13-26)28-21-10-22-6-7-23(11-21)31(22)24(32)12-20-9-18-8-16(4-5-17(18)14-27-20)25-30-29-15(2)33-25/h4-5,8-9,14,19,21-23,28H,3,6-7,10-13H2,1-2H3/t19?,21?,22-,23+. The molecule has 8 heteroatoms. The third-order valence-corrected chi connectivity index (χ3v) is 7.94. The second-order valence-corrected chi connectivity index (χ2v) is 10.5. The van der Waals surface area contributed by atoms with Gasteiger partial charge in [-0.15, -0.1) is 10.2 Å². The van der Waals surface area contributed by atoms with Gasteiger partial charge in [0, 0.05) is 41.3 Å². The van der Waals surface area contributed by atoms with E-state index in [1.54, 1.807) is 11.3 Å². The number of nitrogens with zero attached hydrogens (tertiary/aromatic N) is 4. The molecule has 3 aromatic rings. The first-order chi connectivity index (χ1) is 16.0. The van der Waals surface area contributed by atoms with Crippen molar-refractivity contribution < 1.29 is 9.18 Å². The predicted octanol–water partition coefficient (Wildman–Crippen LogP) is 4.46. The number of fused-ring (bicyclic) bond motifs is 3. The van der Waals surface area contributed by atoms with E-state index in [-0.39, 0.29) is 30.7 Å². The SMILES string of the molecule is CCC(CF)NC1C[C@H]2CC[C@@H](C1)N2C(=O)Cc1cc2cc(-c3nnc(C)s3)ccc2cn1. The molecule has 4 atom stereocenters. The van der Waals surface area contributed by atoms with Crippen molar-refractivity contribution in [2.24, 2.45) is 0 Å². The number of hydrogen-bond acceptors (Lipinski definition) is 6. The summed E-state index contributed by atoms with van der Waals surface area (Å²) in [6.07, 6.45) is 6.85. The number of pyridine rings is 1. The molecule has 2 bridgehead atoms. The number of nitrogens with one attached hydrogen (secondary N) is 1. The van der Waals surface area contributed by atoms with Crippen LogP contribution in [0.15, 0.2) is 30.5 Å². The highest BCUT2D eigenvalue weighted by Gasteiger charge is 2.43. The van der Waals surface area contributed by atoms with Crippen LogP contribution in [-0.2, 0) is 11.2 Å². The van der Waals surface area contributed by atoms with Crippen LogP contribution in [0.2, 0.25) is 0 Å². The molecule has 0 radical (unpaired) electrons. The van der Waals surface area contributed by atoms with Gasteiger partial charge < -0.3 is 10.2 Å². The van der Waals surface area contributed by atoms with Crippen molar-refractivity contribution in [1.29, 1.82) is 0 Å². The predicted molar refractivity (Wildman–Crippen MR) is 129 cm³/mol. The second-order valence-electron chi connectivity index (χ2n) is 9.32. The molecule has 4 heterocycles. The molecule has 2 fully saturated rings. The summed E-state index contributed by atoms with van der Waals surface area (Å²) in [6.45, 7) is 3.63. The van der Waals surface area contributed by atoms with Gasteiger partial charge in [0.15, 0.2) is 0 Å². The lowest BCUT2D eigenvalue weighted by molar-refractivity contribution is -0.135. The van der Waals surface area contributed by atoms with Crippen molar-refractivity contribution >= 4 is 28.0 Å². The fourth-order valence-electron chi connectivity index (χ4n) is 5.40. The largest absolute Gasteiger partial charge is 0.336 e. The number of aryl methyl sites for hydroxylation is 1. The summed E-state index contributed by atoms with van der Waals surface area (Å²) in [5.74, 6) is 0.154. The monoisotopic (exact) mass is 467 g/mol. The number of carbonyl (C=O) groups is 1. The number of alkyl halides is 1. The summed E-state index contributed by atoms with van der Waals surface area (Å²) in [7, 11) is 0. The van der Waals surface area contributed by atoms with Crippen LogP contribution in [0.4, 0.5) is 4.39 Å². The third-order valence-electron chi connectivity index (χ3n) is 7.06. The Balaban J connectivity index is 1.29. The zero-order valence-corrected chi connectivity index (χ0v) is 19.9. The van der Waals surface area contributed by atoms with Gasteiger partial charge in [-0.3, -0.25) is 9.78 Å². The fraction of sp³-hybridized carbons (Fsp3) is 0.520. The number of hydrogen-bond donors (Lipinski definition) is 1. The molecule has 174 valence electrons. The molecule has 0 spiro atoms. The molecule has 1 N–H and O–H groups in total. The minimum Gasteiger partial charge on any atom is -0.336 e. The minimum atomic E-state index is -0.334. The van der Waals surface area contributed by atoms with Crippen molar-refractivity contribution in [3.05, 3.63) is 41.2 Å². The summed E-state index contributed by atoms with van der Waals surface area (Å²) in [4.78, 5) is 20.0. The fourth-order valence-corrected chi connectivity index (χ4v) is 6.09. The topological polar surface area (TPSA) is 71.0 Å². The van der Waals surface area contributed by atoms with Gasteiger partial charge in [-0.2, -0.15) is 0 Å². The summed E-state index contributed by atoms with van der Waals surface area (Å²) in [6, 6.07) is 8.92. The van der Waals surface area contributed by atoms with Crippen molar-refractivity contribution in [3.8, 4) is 10.6 Å². The first-order valence-corrected chi connectivity index (χ1v) is 12.7. The molecule has 33 heavy (non-hydrogen) atoms. The Hall–Kier alpha value is -2.45. The summed E-state index contributed by atoms with van der Waals surface area (Å²) >= 11 is 1.57. The molecular weight excluding hydrogens is 437 g/mol. The van der Waals surface area contributed by atoms with Crippen LogP contribution in [-0.4, -0.2) is 56.8 Å². The normalized spacial score (nSPS) is 23.2. The maximum Gasteiger partial charge on any atom is 0.229 e. The van der Waals surface area contributed by atoms with Gasteiger partial charge in [0.05, 0.1) is 12.1 Å². The second kappa shape index (κ2) is 9.43. The van der Waals surface area contributed by atoms with Crippen molar-refractivity contribution in [3.63, 3.8) is 0 Å². The van der Waals surface area contributed by atoms with E-state index in [2.05, 4.69) is 31.5 Å². The molecule has 1 aromatic carbocycles. The lowest BCUT2D eigenvalue weighted by atomic mass is 9.95. The Labute approximate surface area is 197 Å². The highest BCUT2D eigenvalue weighted by atomic mass is 32.1. The summed E-state index contributed by atoms with van der Waals surface area (Å²) in [5.41, 5.74) is 1.82. The van der Waals surface area contributed by atoms with Gasteiger partial charge in [-0.25, -0.2) is 4.39 Å². The zero-order chi connectivity index (χ0) is 22.9. The van der Waals surface area contributed by atoms with Gasteiger partial charge in [-0.1, -0.05) is 30.4 Å².